The van der Waals surface area contributed by atoms with E-state index < -0.39 is 5.50 Å². The molecular weight excluding hydrogens is 399 g/mol. The smallest absolute Gasteiger partial charge is 0.295 e. The van der Waals surface area contributed by atoms with Crippen molar-refractivity contribution < 1.29 is 14.0 Å². The van der Waals surface area contributed by atoms with Crippen molar-refractivity contribution in [2.24, 2.45) is 0 Å². The molecule has 7 heteroatoms. The highest BCUT2D eigenvalue weighted by atomic mass is 35.5. The molecule has 2 atom stereocenters. The average Bonchev–Trinajstić information content (AvgIpc) is 3.23. The van der Waals surface area contributed by atoms with Crippen molar-refractivity contribution in [2.75, 3.05) is 4.90 Å². The summed E-state index contributed by atoms with van der Waals surface area (Å²) in [6.07, 6.45) is 1.78. The lowest BCUT2D eigenvalue weighted by Gasteiger charge is -2.38. The molecule has 0 bridgehead atoms. The quantitative estimate of drug-likeness (QED) is 0.483. The number of halogens is 2. The Hall–Kier alpha value is -2.76. The Balaban J connectivity index is 1.68. The third kappa shape index (κ3) is 3.51. The highest BCUT2D eigenvalue weighted by Crippen LogP contribution is 2.40. The molecule has 28 heavy (non-hydrogen) atoms. The Kier molecular flexibility index (Phi) is 5.11. The maximum Gasteiger partial charge on any atom is 0.295 e. The van der Waals surface area contributed by atoms with Gasteiger partial charge in [-0.15, -0.1) is 0 Å². The first-order valence-electron chi connectivity index (χ1n) is 8.71. The van der Waals surface area contributed by atoms with Crippen LogP contribution in [-0.2, 0) is 0 Å². The number of furan rings is 1. The second-order valence-corrected chi connectivity index (χ2v) is 7.36. The fourth-order valence-electron chi connectivity index (χ4n) is 3.32. The zero-order valence-electron chi connectivity index (χ0n) is 14.6. The summed E-state index contributed by atoms with van der Waals surface area (Å²) in [4.78, 5) is 27.0. The van der Waals surface area contributed by atoms with Gasteiger partial charge in [0.1, 0.15) is 5.50 Å². The van der Waals surface area contributed by atoms with Crippen LogP contribution in [0.25, 0.3) is 0 Å². The number of alkyl halides is 1. The fourth-order valence-corrected chi connectivity index (χ4v) is 3.86. The molecule has 1 aliphatic rings. The van der Waals surface area contributed by atoms with Crippen LogP contribution in [0.4, 0.5) is 5.69 Å². The molecule has 4 rings (SSSR count). The van der Waals surface area contributed by atoms with Crippen LogP contribution < -0.4 is 10.2 Å². The van der Waals surface area contributed by atoms with Gasteiger partial charge in [-0.3, -0.25) is 14.5 Å². The number of nitrogens with one attached hydrogen (secondary N) is 1. The Morgan fingerprint density at radius 1 is 1.07 bits per heavy atom. The Bertz CT molecular complexity index is 1010. The minimum atomic E-state index is -0.676. The highest BCUT2D eigenvalue weighted by Gasteiger charge is 2.37. The van der Waals surface area contributed by atoms with Crippen molar-refractivity contribution in [1.29, 1.82) is 0 Å². The summed E-state index contributed by atoms with van der Waals surface area (Å²) < 4.78 is 5.24. The monoisotopic (exact) mass is 414 g/mol. The van der Waals surface area contributed by atoms with Gasteiger partial charge in [0.25, 0.3) is 11.8 Å². The number of carbonyl (C=O) groups is 2. The number of nitrogens with zero attached hydrogens (tertiary/aromatic N) is 1. The van der Waals surface area contributed by atoms with Gasteiger partial charge in [0.15, 0.2) is 5.76 Å². The van der Waals surface area contributed by atoms with Crippen molar-refractivity contribution in [1.82, 2.24) is 5.32 Å². The van der Waals surface area contributed by atoms with E-state index in [4.69, 9.17) is 27.6 Å². The van der Waals surface area contributed by atoms with Crippen LogP contribution in [0.5, 0.6) is 0 Å². The molecule has 2 aromatic carbocycles. The standard InChI is InChI=1S/C21H16Cl2N2O3/c22-14-8-9-15-16(24-20(26)13-5-2-1-3-6-13)12-19(23)25(17(15)11-14)21(27)18-7-4-10-28-18/h1-11,16,19H,12H2,(H,24,26). The first kappa shape index (κ1) is 18.6. The molecule has 0 fully saturated rings. The van der Waals surface area contributed by atoms with E-state index in [1.165, 1.54) is 11.2 Å². The average molecular weight is 415 g/mol. The molecule has 0 radical (unpaired) electrons. The van der Waals surface area contributed by atoms with E-state index in [-0.39, 0.29) is 23.6 Å². The molecular formula is C21H16Cl2N2O3. The lowest BCUT2D eigenvalue weighted by atomic mass is 9.95. The number of benzene rings is 2. The SMILES string of the molecule is O=C(NC1CC(Cl)N(C(=O)c2ccco2)c2cc(Cl)ccc21)c1ccccc1. The number of carbonyl (C=O) groups excluding carboxylic acids is 2. The molecule has 0 spiro atoms. The molecule has 2 heterocycles. The minimum Gasteiger partial charge on any atom is -0.459 e. The normalized spacial score (nSPS) is 18.4. The predicted molar refractivity (Wildman–Crippen MR) is 108 cm³/mol. The largest absolute Gasteiger partial charge is 0.459 e. The van der Waals surface area contributed by atoms with Gasteiger partial charge in [0.05, 0.1) is 18.0 Å². The van der Waals surface area contributed by atoms with Gasteiger partial charge in [0, 0.05) is 17.0 Å². The molecule has 1 aromatic heterocycles. The molecule has 0 aliphatic carbocycles. The zero-order chi connectivity index (χ0) is 19.7. The second kappa shape index (κ2) is 7.70. The number of hydrogen-bond acceptors (Lipinski definition) is 3. The molecule has 0 saturated heterocycles. The second-order valence-electron chi connectivity index (χ2n) is 6.42. The summed E-state index contributed by atoms with van der Waals surface area (Å²) in [7, 11) is 0. The maximum absolute atomic E-state index is 12.9. The third-order valence-electron chi connectivity index (χ3n) is 4.63. The summed E-state index contributed by atoms with van der Waals surface area (Å²) in [5, 5.41) is 3.48. The number of rotatable bonds is 3. The molecule has 2 amide bonds. The summed E-state index contributed by atoms with van der Waals surface area (Å²) in [6, 6.07) is 17.0. The Labute approximate surface area is 171 Å². The van der Waals surface area contributed by atoms with E-state index in [9.17, 15) is 9.59 Å². The van der Waals surface area contributed by atoms with E-state index in [1.54, 1.807) is 54.6 Å². The van der Waals surface area contributed by atoms with Gasteiger partial charge in [-0.2, -0.15) is 0 Å². The molecule has 3 aromatic rings. The summed E-state index contributed by atoms with van der Waals surface area (Å²) in [5.41, 5.74) is 1.20. The zero-order valence-corrected chi connectivity index (χ0v) is 16.2. The van der Waals surface area contributed by atoms with E-state index in [1.807, 2.05) is 6.07 Å². The molecule has 1 N–H and O–H groups in total. The predicted octanol–water partition coefficient (Wildman–Crippen LogP) is 5.02. The van der Waals surface area contributed by atoms with Crippen molar-refractivity contribution >= 4 is 40.7 Å². The van der Waals surface area contributed by atoms with E-state index in [0.717, 1.165) is 5.56 Å². The Morgan fingerprint density at radius 2 is 1.86 bits per heavy atom. The molecule has 2 unspecified atom stereocenters. The molecule has 5 nitrogen and oxygen atoms in total. The molecule has 1 aliphatic heterocycles. The van der Waals surface area contributed by atoms with Gasteiger partial charge < -0.3 is 9.73 Å². The van der Waals surface area contributed by atoms with Crippen LogP contribution in [0.3, 0.4) is 0 Å². The third-order valence-corrected chi connectivity index (χ3v) is 5.24. The van der Waals surface area contributed by atoms with Crippen molar-refractivity contribution in [3.8, 4) is 0 Å². The van der Waals surface area contributed by atoms with Gasteiger partial charge in [-0.25, -0.2) is 0 Å². The number of amides is 2. The molecule has 142 valence electrons. The highest BCUT2D eigenvalue weighted by molar-refractivity contribution is 6.31. The lowest BCUT2D eigenvalue weighted by molar-refractivity contribution is 0.0929. The van der Waals surface area contributed by atoms with Gasteiger partial charge >= 0.3 is 0 Å². The lowest BCUT2D eigenvalue weighted by Crippen LogP contribution is -2.45. The van der Waals surface area contributed by atoms with Crippen LogP contribution in [-0.4, -0.2) is 17.3 Å². The van der Waals surface area contributed by atoms with Crippen molar-refractivity contribution in [2.45, 2.75) is 18.0 Å². The Morgan fingerprint density at radius 3 is 2.57 bits per heavy atom. The van der Waals surface area contributed by atoms with E-state index in [0.29, 0.717) is 22.7 Å². The van der Waals surface area contributed by atoms with E-state index >= 15 is 0 Å². The van der Waals surface area contributed by atoms with E-state index in [2.05, 4.69) is 5.32 Å². The minimum absolute atomic E-state index is 0.184. The van der Waals surface area contributed by atoms with Crippen LogP contribution in [0, 0.1) is 0 Å². The number of hydrogen-bond donors (Lipinski definition) is 1. The van der Waals surface area contributed by atoms with Crippen LogP contribution in [0.1, 0.15) is 38.9 Å². The van der Waals surface area contributed by atoms with Gasteiger partial charge in [0.2, 0.25) is 0 Å². The van der Waals surface area contributed by atoms with Gasteiger partial charge in [-0.1, -0.05) is 47.5 Å². The van der Waals surface area contributed by atoms with Gasteiger partial charge in [-0.05, 0) is 42.0 Å². The summed E-state index contributed by atoms with van der Waals surface area (Å²) >= 11 is 12.7. The topological polar surface area (TPSA) is 62.6 Å². The van der Waals surface area contributed by atoms with Crippen molar-refractivity contribution in [3.63, 3.8) is 0 Å². The first-order valence-corrected chi connectivity index (χ1v) is 9.52. The fraction of sp³-hybridized carbons (Fsp3) is 0.143. The molecule has 0 saturated carbocycles. The maximum atomic E-state index is 12.9. The summed E-state index contributed by atoms with van der Waals surface area (Å²) in [6.45, 7) is 0. The summed E-state index contributed by atoms with van der Waals surface area (Å²) in [5.74, 6) is -0.383. The first-order chi connectivity index (χ1) is 13.5. The van der Waals surface area contributed by atoms with Crippen LogP contribution >= 0.6 is 23.2 Å². The number of fused-ring (bicyclic) bond motifs is 1. The van der Waals surface area contributed by atoms with Crippen LogP contribution in [0.15, 0.2) is 71.3 Å². The van der Waals surface area contributed by atoms with Crippen molar-refractivity contribution in [3.05, 3.63) is 88.8 Å². The number of anilines is 1. The van der Waals surface area contributed by atoms with Crippen LogP contribution in [0.2, 0.25) is 5.02 Å².